The molecule has 0 saturated carbocycles. The van der Waals surface area contributed by atoms with Gasteiger partial charge in [-0.2, -0.15) is 4.72 Å². The molecule has 5 nitrogen and oxygen atoms in total. The van der Waals surface area contributed by atoms with Gasteiger partial charge in [-0.05, 0) is 43.5 Å². The minimum Gasteiger partial charge on any atom is -0.348 e. The van der Waals surface area contributed by atoms with E-state index >= 15 is 0 Å². The summed E-state index contributed by atoms with van der Waals surface area (Å²) in [6.07, 6.45) is 0.249. The number of nitrogens with one attached hydrogen (secondary N) is 2. The largest absolute Gasteiger partial charge is 0.348 e. The first-order valence-corrected chi connectivity index (χ1v) is 11.3. The number of hydrogen-bond donors (Lipinski definition) is 2. The summed E-state index contributed by atoms with van der Waals surface area (Å²) in [7, 11) is -3.85. The fourth-order valence-corrected chi connectivity index (χ4v) is 4.34. The van der Waals surface area contributed by atoms with Gasteiger partial charge < -0.3 is 5.32 Å². The molecule has 0 radical (unpaired) electrons. The lowest BCUT2D eigenvalue weighted by Crippen LogP contribution is -2.48. The second-order valence-corrected chi connectivity index (χ2v) is 9.03. The molecule has 0 bridgehead atoms. The topological polar surface area (TPSA) is 75.3 Å². The van der Waals surface area contributed by atoms with Crippen molar-refractivity contribution in [3.05, 3.63) is 102 Å². The van der Waals surface area contributed by atoms with Crippen molar-refractivity contribution in [2.24, 2.45) is 0 Å². The predicted octanol–water partition coefficient (Wildman–Crippen LogP) is 3.76. The van der Waals surface area contributed by atoms with E-state index in [1.165, 1.54) is 0 Å². The maximum atomic E-state index is 13.1. The molecule has 0 aliphatic carbocycles. The standard InChI is InChI=1S/C24H26N2O3S/c1-18-13-15-22(16-14-18)30(28,29)26-23(17-20-9-5-3-6-10-20)24(27)25-19(2)21-11-7-4-8-12-21/h3-16,19,23,26H,17H2,1-2H3,(H,25,27)/t19?,23-/m0/s1. The van der Waals surface area contributed by atoms with Crippen LogP contribution in [-0.4, -0.2) is 20.4 Å². The van der Waals surface area contributed by atoms with E-state index in [1.807, 2.05) is 74.5 Å². The number of aryl methyl sites for hydroxylation is 1. The SMILES string of the molecule is Cc1ccc(S(=O)(=O)N[C@@H](Cc2ccccc2)C(=O)NC(C)c2ccccc2)cc1. The number of benzene rings is 3. The van der Waals surface area contributed by atoms with Gasteiger partial charge in [0, 0.05) is 0 Å². The molecule has 3 aromatic carbocycles. The number of carbonyl (C=O) groups excluding carboxylic acids is 1. The Bertz CT molecular complexity index is 1070. The zero-order valence-corrected chi connectivity index (χ0v) is 17.9. The molecule has 0 aromatic heterocycles. The highest BCUT2D eigenvalue weighted by Gasteiger charge is 2.27. The van der Waals surface area contributed by atoms with Gasteiger partial charge in [0.1, 0.15) is 6.04 Å². The minimum atomic E-state index is -3.85. The summed E-state index contributed by atoms with van der Waals surface area (Å²) in [4.78, 5) is 13.2. The average Bonchev–Trinajstić information content (AvgIpc) is 2.74. The Labute approximate surface area is 178 Å². The smallest absolute Gasteiger partial charge is 0.241 e. The van der Waals surface area contributed by atoms with Crippen LogP contribution in [0, 0.1) is 6.92 Å². The Morgan fingerprint density at radius 1 is 0.867 bits per heavy atom. The van der Waals surface area contributed by atoms with Crippen LogP contribution in [0.3, 0.4) is 0 Å². The minimum absolute atomic E-state index is 0.134. The van der Waals surface area contributed by atoms with E-state index in [0.717, 1.165) is 16.7 Å². The Morgan fingerprint density at radius 2 is 1.43 bits per heavy atom. The molecule has 0 aliphatic heterocycles. The Morgan fingerprint density at radius 3 is 2.03 bits per heavy atom. The van der Waals surface area contributed by atoms with Crippen molar-refractivity contribution in [2.75, 3.05) is 0 Å². The molecule has 2 atom stereocenters. The van der Waals surface area contributed by atoms with Gasteiger partial charge in [0.15, 0.2) is 0 Å². The quantitative estimate of drug-likeness (QED) is 0.580. The number of sulfonamides is 1. The third kappa shape index (κ3) is 5.78. The summed E-state index contributed by atoms with van der Waals surface area (Å²) in [6.45, 7) is 3.77. The van der Waals surface area contributed by atoms with Crippen molar-refractivity contribution >= 4 is 15.9 Å². The monoisotopic (exact) mass is 422 g/mol. The molecule has 156 valence electrons. The van der Waals surface area contributed by atoms with Gasteiger partial charge in [-0.1, -0.05) is 78.4 Å². The lowest BCUT2D eigenvalue weighted by molar-refractivity contribution is -0.123. The highest BCUT2D eigenvalue weighted by Crippen LogP contribution is 2.15. The Balaban J connectivity index is 1.82. The van der Waals surface area contributed by atoms with E-state index in [2.05, 4.69) is 10.0 Å². The van der Waals surface area contributed by atoms with Crippen LogP contribution in [0.25, 0.3) is 0 Å². The third-order valence-corrected chi connectivity index (χ3v) is 6.37. The third-order valence-electron chi connectivity index (χ3n) is 4.89. The second-order valence-electron chi connectivity index (χ2n) is 7.32. The van der Waals surface area contributed by atoms with E-state index in [1.54, 1.807) is 24.3 Å². The molecule has 1 unspecified atom stereocenters. The van der Waals surface area contributed by atoms with E-state index in [9.17, 15) is 13.2 Å². The number of hydrogen-bond acceptors (Lipinski definition) is 3. The number of carbonyl (C=O) groups is 1. The molecule has 6 heteroatoms. The van der Waals surface area contributed by atoms with Gasteiger partial charge in [-0.15, -0.1) is 0 Å². The second kappa shape index (κ2) is 9.69. The molecule has 3 rings (SSSR count). The van der Waals surface area contributed by atoms with Crippen LogP contribution >= 0.6 is 0 Å². The average molecular weight is 423 g/mol. The lowest BCUT2D eigenvalue weighted by atomic mass is 10.0. The van der Waals surface area contributed by atoms with Gasteiger partial charge in [0.05, 0.1) is 10.9 Å². The maximum Gasteiger partial charge on any atom is 0.241 e. The summed E-state index contributed by atoms with van der Waals surface area (Å²) in [6, 6.07) is 24.3. The highest BCUT2D eigenvalue weighted by molar-refractivity contribution is 7.89. The summed E-state index contributed by atoms with van der Waals surface area (Å²) in [5.74, 6) is -0.370. The first kappa shape index (κ1) is 21.7. The van der Waals surface area contributed by atoms with Crippen molar-refractivity contribution in [3.63, 3.8) is 0 Å². The maximum absolute atomic E-state index is 13.1. The first-order valence-electron chi connectivity index (χ1n) is 9.83. The molecule has 0 spiro atoms. The number of amides is 1. The zero-order valence-electron chi connectivity index (χ0n) is 17.1. The van der Waals surface area contributed by atoms with Crippen LogP contribution in [0.1, 0.15) is 29.7 Å². The predicted molar refractivity (Wildman–Crippen MR) is 118 cm³/mol. The van der Waals surface area contributed by atoms with Gasteiger partial charge in [0.25, 0.3) is 0 Å². The van der Waals surface area contributed by atoms with Crippen molar-refractivity contribution in [1.82, 2.24) is 10.0 Å². The molecule has 2 N–H and O–H groups in total. The van der Waals surface area contributed by atoms with E-state index in [-0.39, 0.29) is 23.3 Å². The van der Waals surface area contributed by atoms with Crippen molar-refractivity contribution in [3.8, 4) is 0 Å². The fraction of sp³-hybridized carbons (Fsp3) is 0.208. The van der Waals surface area contributed by atoms with Crippen molar-refractivity contribution in [1.29, 1.82) is 0 Å². The van der Waals surface area contributed by atoms with E-state index in [0.29, 0.717) is 0 Å². The van der Waals surface area contributed by atoms with Crippen LogP contribution in [0.15, 0.2) is 89.8 Å². The zero-order chi connectivity index (χ0) is 21.6. The summed E-state index contributed by atoms with van der Waals surface area (Å²) in [5.41, 5.74) is 2.78. The van der Waals surface area contributed by atoms with E-state index < -0.39 is 16.1 Å². The van der Waals surface area contributed by atoms with Gasteiger partial charge >= 0.3 is 0 Å². The lowest BCUT2D eigenvalue weighted by Gasteiger charge is -2.22. The van der Waals surface area contributed by atoms with Crippen LogP contribution in [0.2, 0.25) is 0 Å². The molecular weight excluding hydrogens is 396 g/mol. The summed E-state index contributed by atoms with van der Waals surface area (Å²) < 4.78 is 28.4. The van der Waals surface area contributed by atoms with Crippen LogP contribution in [0.4, 0.5) is 0 Å². The fourth-order valence-electron chi connectivity index (χ4n) is 3.15. The number of rotatable bonds is 8. The van der Waals surface area contributed by atoms with Gasteiger partial charge in [0.2, 0.25) is 15.9 Å². The van der Waals surface area contributed by atoms with Crippen molar-refractivity contribution < 1.29 is 13.2 Å². The van der Waals surface area contributed by atoms with Crippen LogP contribution < -0.4 is 10.0 Å². The van der Waals surface area contributed by atoms with Gasteiger partial charge in [-0.25, -0.2) is 8.42 Å². The molecular formula is C24H26N2O3S. The first-order chi connectivity index (χ1) is 14.3. The summed E-state index contributed by atoms with van der Waals surface area (Å²) in [5, 5.41) is 2.93. The van der Waals surface area contributed by atoms with Crippen LogP contribution in [-0.2, 0) is 21.2 Å². The van der Waals surface area contributed by atoms with Crippen molar-refractivity contribution in [2.45, 2.75) is 37.2 Å². The Kier molecular flexibility index (Phi) is 7.03. The molecule has 3 aromatic rings. The summed E-state index contributed by atoms with van der Waals surface area (Å²) >= 11 is 0. The molecule has 1 amide bonds. The molecule has 0 aliphatic rings. The van der Waals surface area contributed by atoms with Crippen LogP contribution in [0.5, 0.6) is 0 Å². The van der Waals surface area contributed by atoms with E-state index in [4.69, 9.17) is 0 Å². The Hall–Kier alpha value is -2.96. The molecule has 0 heterocycles. The molecule has 0 fully saturated rings. The normalized spacial score (nSPS) is 13.4. The van der Waals surface area contributed by atoms with Gasteiger partial charge in [-0.3, -0.25) is 4.79 Å². The molecule has 0 saturated heterocycles. The highest BCUT2D eigenvalue weighted by atomic mass is 32.2. The molecule has 30 heavy (non-hydrogen) atoms.